The van der Waals surface area contributed by atoms with Gasteiger partial charge in [0.05, 0.1) is 6.10 Å². The first-order chi connectivity index (χ1) is 6.09. The van der Waals surface area contributed by atoms with Gasteiger partial charge in [-0.15, -0.1) is 0 Å². The number of nitrogens with zero attached hydrogens (tertiary/aromatic N) is 1. The third-order valence-corrected chi connectivity index (χ3v) is 1.85. The second-order valence-corrected chi connectivity index (χ2v) is 2.89. The summed E-state index contributed by atoms with van der Waals surface area (Å²) in [7, 11) is 0. The van der Waals surface area contributed by atoms with Crippen LogP contribution in [0.1, 0.15) is 6.42 Å². The van der Waals surface area contributed by atoms with Crippen molar-refractivity contribution < 1.29 is 19.4 Å². The molecule has 74 valence electrons. The summed E-state index contributed by atoms with van der Waals surface area (Å²) in [5.41, 5.74) is 4.69. The molecule has 2 amide bonds. The molecular formula is C7H12N2O4. The lowest BCUT2D eigenvalue weighted by Crippen LogP contribution is -2.34. The molecule has 0 aromatic carbocycles. The molecule has 0 spiro atoms. The maximum atomic E-state index is 11.2. The largest absolute Gasteiger partial charge is 0.440 e. The minimum atomic E-state index is -0.965. The molecular weight excluding hydrogens is 176 g/mol. The van der Waals surface area contributed by atoms with Gasteiger partial charge in [0.25, 0.3) is 5.91 Å². The minimum Gasteiger partial charge on any atom is -0.440 e. The van der Waals surface area contributed by atoms with Gasteiger partial charge in [0, 0.05) is 13.1 Å². The van der Waals surface area contributed by atoms with Crippen molar-refractivity contribution in [1.82, 2.24) is 4.90 Å². The number of aliphatic hydroxyl groups excluding tert-OH is 1. The zero-order chi connectivity index (χ0) is 9.84. The maximum Gasteiger partial charge on any atom is 0.405 e. The molecule has 0 bridgehead atoms. The van der Waals surface area contributed by atoms with Crippen LogP contribution < -0.4 is 5.73 Å². The highest BCUT2D eigenvalue weighted by Crippen LogP contribution is 2.08. The van der Waals surface area contributed by atoms with Crippen molar-refractivity contribution in [3.8, 4) is 0 Å². The standard InChI is InChI=1S/C7H12N2O4/c8-7(12)13-4-6(11)9-2-1-5(10)3-9/h5,10H,1-4H2,(H2,8,12). The second kappa shape index (κ2) is 4.08. The van der Waals surface area contributed by atoms with Gasteiger partial charge in [0.2, 0.25) is 0 Å². The number of rotatable bonds is 2. The van der Waals surface area contributed by atoms with Crippen LogP contribution in [0.15, 0.2) is 0 Å². The van der Waals surface area contributed by atoms with Crippen LogP contribution in [0.25, 0.3) is 0 Å². The monoisotopic (exact) mass is 188 g/mol. The topological polar surface area (TPSA) is 92.9 Å². The molecule has 1 aliphatic rings. The number of ether oxygens (including phenoxy) is 1. The summed E-state index contributed by atoms with van der Waals surface area (Å²) in [6.07, 6.45) is -0.854. The Kier molecular flexibility index (Phi) is 3.07. The first kappa shape index (κ1) is 9.79. The summed E-state index contributed by atoms with van der Waals surface area (Å²) in [6, 6.07) is 0. The van der Waals surface area contributed by atoms with Gasteiger partial charge >= 0.3 is 6.09 Å². The van der Waals surface area contributed by atoms with E-state index in [0.29, 0.717) is 19.5 Å². The Balaban J connectivity index is 2.27. The molecule has 3 N–H and O–H groups in total. The minimum absolute atomic E-state index is 0.307. The number of amides is 2. The Hall–Kier alpha value is -1.30. The number of nitrogens with two attached hydrogens (primary N) is 1. The van der Waals surface area contributed by atoms with Gasteiger partial charge in [0.1, 0.15) is 0 Å². The van der Waals surface area contributed by atoms with Gasteiger partial charge in [-0.2, -0.15) is 0 Å². The van der Waals surface area contributed by atoms with E-state index in [0.717, 1.165) is 0 Å². The number of likely N-dealkylation sites (tertiary alicyclic amines) is 1. The zero-order valence-electron chi connectivity index (χ0n) is 7.10. The Morgan fingerprint density at radius 1 is 1.62 bits per heavy atom. The highest BCUT2D eigenvalue weighted by molar-refractivity contribution is 5.80. The van der Waals surface area contributed by atoms with Crippen molar-refractivity contribution >= 4 is 12.0 Å². The molecule has 0 saturated carbocycles. The number of carbonyl (C=O) groups excluding carboxylic acids is 2. The SMILES string of the molecule is NC(=O)OCC(=O)N1CCC(O)C1. The summed E-state index contributed by atoms with van der Waals surface area (Å²) >= 11 is 0. The normalized spacial score (nSPS) is 21.6. The average Bonchev–Trinajstić information content (AvgIpc) is 2.47. The quantitative estimate of drug-likeness (QED) is 0.561. The number of hydrogen-bond acceptors (Lipinski definition) is 4. The Bertz CT molecular complexity index is 219. The third kappa shape index (κ3) is 2.90. The van der Waals surface area contributed by atoms with E-state index in [-0.39, 0.29) is 12.5 Å². The van der Waals surface area contributed by atoms with Crippen LogP contribution >= 0.6 is 0 Å². The van der Waals surface area contributed by atoms with Gasteiger partial charge in [-0.3, -0.25) is 4.79 Å². The zero-order valence-corrected chi connectivity index (χ0v) is 7.10. The molecule has 13 heavy (non-hydrogen) atoms. The maximum absolute atomic E-state index is 11.2. The fourth-order valence-corrected chi connectivity index (χ4v) is 1.19. The summed E-state index contributed by atoms with van der Waals surface area (Å²) in [5.74, 6) is -0.324. The Morgan fingerprint density at radius 2 is 2.31 bits per heavy atom. The lowest BCUT2D eigenvalue weighted by atomic mass is 10.3. The number of primary amides is 1. The van der Waals surface area contributed by atoms with Crippen LogP contribution in [0, 0.1) is 0 Å². The first-order valence-corrected chi connectivity index (χ1v) is 3.97. The summed E-state index contributed by atoms with van der Waals surface area (Å²) < 4.78 is 4.32. The molecule has 6 nitrogen and oxygen atoms in total. The average molecular weight is 188 g/mol. The van der Waals surface area contributed by atoms with Crippen molar-refractivity contribution in [2.24, 2.45) is 5.73 Å². The molecule has 0 aromatic heterocycles. The molecule has 1 fully saturated rings. The van der Waals surface area contributed by atoms with E-state index < -0.39 is 12.2 Å². The smallest absolute Gasteiger partial charge is 0.405 e. The molecule has 1 heterocycles. The van der Waals surface area contributed by atoms with Gasteiger partial charge in [0.15, 0.2) is 6.61 Å². The van der Waals surface area contributed by atoms with Crippen molar-refractivity contribution in [1.29, 1.82) is 0 Å². The molecule has 0 aromatic rings. The molecule has 1 aliphatic heterocycles. The van der Waals surface area contributed by atoms with E-state index in [1.807, 2.05) is 0 Å². The van der Waals surface area contributed by atoms with E-state index in [2.05, 4.69) is 10.5 Å². The third-order valence-electron chi connectivity index (χ3n) is 1.85. The van der Waals surface area contributed by atoms with Crippen LogP contribution in [-0.2, 0) is 9.53 Å². The summed E-state index contributed by atoms with van der Waals surface area (Å²) in [4.78, 5) is 22.8. The highest BCUT2D eigenvalue weighted by atomic mass is 16.5. The number of β-amino-alcohol motifs (C(OH)–C–C–N with tert-alkyl or cyclic N) is 1. The molecule has 1 saturated heterocycles. The molecule has 6 heteroatoms. The lowest BCUT2D eigenvalue weighted by Gasteiger charge is -2.14. The van der Waals surface area contributed by atoms with Gasteiger partial charge in [-0.05, 0) is 6.42 Å². The number of aliphatic hydroxyl groups is 1. The van der Waals surface area contributed by atoms with Crippen LogP contribution in [0.3, 0.4) is 0 Å². The van der Waals surface area contributed by atoms with Crippen LogP contribution in [-0.4, -0.2) is 47.8 Å². The molecule has 1 atom stereocenters. The van der Waals surface area contributed by atoms with Gasteiger partial charge < -0.3 is 20.5 Å². The number of hydrogen-bond donors (Lipinski definition) is 2. The van der Waals surface area contributed by atoms with Crippen molar-refractivity contribution in [3.05, 3.63) is 0 Å². The van der Waals surface area contributed by atoms with E-state index in [1.165, 1.54) is 4.90 Å². The molecule has 0 radical (unpaired) electrons. The first-order valence-electron chi connectivity index (χ1n) is 3.97. The van der Waals surface area contributed by atoms with E-state index in [1.54, 1.807) is 0 Å². The summed E-state index contributed by atoms with van der Waals surface area (Å²) in [5, 5.41) is 9.10. The van der Waals surface area contributed by atoms with E-state index >= 15 is 0 Å². The lowest BCUT2D eigenvalue weighted by molar-refractivity contribution is -0.133. The Labute approximate surface area is 75.3 Å². The molecule has 1 unspecified atom stereocenters. The second-order valence-electron chi connectivity index (χ2n) is 2.89. The van der Waals surface area contributed by atoms with E-state index in [4.69, 9.17) is 5.11 Å². The predicted octanol–water partition coefficient (Wildman–Crippen LogP) is -1.33. The fourth-order valence-electron chi connectivity index (χ4n) is 1.19. The van der Waals surface area contributed by atoms with Crippen LogP contribution in [0.2, 0.25) is 0 Å². The van der Waals surface area contributed by atoms with Gasteiger partial charge in [-0.25, -0.2) is 4.79 Å². The van der Waals surface area contributed by atoms with Crippen molar-refractivity contribution in [3.63, 3.8) is 0 Å². The van der Waals surface area contributed by atoms with E-state index in [9.17, 15) is 9.59 Å². The molecule has 0 aliphatic carbocycles. The molecule has 1 rings (SSSR count). The van der Waals surface area contributed by atoms with Crippen LogP contribution in [0.4, 0.5) is 4.79 Å². The van der Waals surface area contributed by atoms with Gasteiger partial charge in [-0.1, -0.05) is 0 Å². The highest BCUT2D eigenvalue weighted by Gasteiger charge is 2.24. The van der Waals surface area contributed by atoms with Crippen molar-refractivity contribution in [2.45, 2.75) is 12.5 Å². The van der Waals surface area contributed by atoms with Crippen molar-refractivity contribution in [2.75, 3.05) is 19.7 Å². The summed E-state index contributed by atoms with van der Waals surface area (Å²) in [6.45, 7) is 0.463. The number of carbonyl (C=O) groups is 2. The fraction of sp³-hybridized carbons (Fsp3) is 0.714. The Morgan fingerprint density at radius 3 is 2.77 bits per heavy atom. The predicted molar refractivity (Wildman–Crippen MR) is 42.7 cm³/mol. The van der Waals surface area contributed by atoms with Crippen LogP contribution in [0.5, 0.6) is 0 Å².